The van der Waals surface area contributed by atoms with Crippen molar-refractivity contribution in [3.63, 3.8) is 0 Å². The molecule has 1 aromatic heterocycles. The first kappa shape index (κ1) is 14.5. The maximum absolute atomic E-state index is 12.4. The number of rotatable bonds is 4. The van der Waals surface area contributed by atoms with Gasteiger partial charge in [0, 0.05) is 38.9 Å². The molecule has 0 bridgehead atoms. The SMILES string of the molecule is Cc1nc(CC2CCCN(C(=O)CC3CCCN3)C2)no1. The van der Waals surface area contributed by atoms with E-state index in [1.165, 1.54) is 6.42 Å². The number of aromatic nitrogens is 2. The van der Waals surface area contributed by atoms with Gasteiger partial charge in [0.1, 0.15) is 0 Å². The van der Waals surface area contributed by atoms with Crippen LogP contribution < -0.4 is 5.32 Å². The minimum Gasteiger partial charge on any atom is -0.342 e. The van der Waals surface area contributed by atoms with Crippen LogP contribution in [0.5, 0.6) is 0 Å². The van der Waals surface area contributed by atoms with Crippen LogP contribution in [0, 0.1) is 12.8 Å². The van der Waals surface area contributed by atoms with E-state index in [1.54, 1.807) is 0 Å². The van der Waals surface area contributed by atoms with Gasteiger partial charge < -0.3 is 14.7 Å². The second-order valence-corrected chi connectivity index (χ2v) is 6.28. The van der Waals surface area contributed by atoms with Gasteiger partial charge in [-0.05, 0) is 38.1 Å². The number of nitrogens with zero attached hydrogens (tertiary/aromatic N) is 3. The number of aryl methyl sites for hydroxylation is 1. The number of hydrogen-bond acceptors (Lipinski definition) is 5. The van der Waals surface area contributed by atoms with Crippen molar-refractivity contribution < 1.29 is 9.32 Å². The molecule has 1 amide bonds. The Balaban J connectivity index is 1.51. The average Bonchev–Trinajstić information content (AvgIpc) is 3.11. The van der Waals surface area contributed by atoms with Crippen molar-refractivity contribution in [1.82, 2.24) is 20.4 Å². The summed E-state index contributed by atoms with van der Waals surface area (Å²) in [5.74, 6) is 2.13. The Morgan fingerprint density at radius 2 is 2.33 bits per heavy atom. The van der Waals surface area contributed by atoms with E-state index in [9.17, 15) is 4.79 Å². The normalized spacial score (nSPS) is 26.2. The highest BCUT2D eigenvalue weighted by Crippen LogP contribution is 2.21. The van der Waals surface area contributed by atoms with Crippen LogP contribution in [0.3, 0.4) is 0 Å². The molecule has 0 aromatic carbocycles. The zero-order chi connectivity index (χ0) is 14.7. The Hall–Kier alpha value is -1.43. The van der Waals surface area contributed by atoms with Crippen LogP contribution in [0.15, 0.2) is 4.52 Å². The Bertz CT molecular complexity index is 482. The third kappa shape index (κ3) is 3.81. The monoisotopic (exact) mass is 292 g/mol. The van der Waals surface area contributed by atoms with Gasteiger partial charge >= 0.3 is 0 Å². The quantitative estimate of drug-likeness (QED) is 0.905. The summed E-state index contributed by atoms with van der Waals surface area (Å²) in [4.78, 5) is 18.7. The molecule has 2 fully saturated rings. The largest absolute Gasteiger partial charge is 0.342 e. The molecule has 116 valence electrons. The van der Waals surface area contributed by atoms with Gasteiger partial charge in [-0.1, -0.05) is 5.16 Å². The Morgan fingerprint density at radius 1 is 1.43 bits per heavy atom. The van der Waals surface area contributed by atoms with Gasteiger partial charge in [-0.25, -0.2) is 0 Å². The molecule has 2 unspecified atom stereocenters. The van der Waals surface area contributed by atoms with Gasteiger partial charge in [0.05, 0.1) is 0 Å². The number of piperidine rings is 1. The van der Waals surface area contributed by atoms with Crippen LogP contribution >= 0.6 is 0 Å². The lowest BCUT2D eigenvalue weighted by Gasteiger charge is -2.33. The summed E-state index contributed by atoms with van der Waals surface area (Å²) < 4.78 is 5.02. The van der Waals surface area contributed by atoms with Crippen molar-refractivity contribution in [2.24, 2.45) is 5.92 Å². The summed E-state index contributed by atoms with van der Waals surface area (Å²) in [5, 5.41) is 7.36. The van der Waals surface area contributed by atoms with Crippen LogP contribution in [-0.4, -0.2) is 46.6 Å². The molecule has 6 nitrogen and oxygen atoms in total. The van der Waals surface area contributed by atoms with Crippen LogP contribution in [0.1, 0.15) is 43.8 Å². The van der Waals surface area contributed by atoms with Crippen molar-refractivity contribution in [3.05, 3.63) is 11.7 Å². The smallest absolute Gasteiger partial charge is 0.224 e. The van der Waals surface area contributed by atoms with Gasteiger partial charge in [0.2, 0.25) is 11.8 Å². The molecule has 1 aromatic rings. The molecule has 0 spiro atoms. The van der Waals surface area contributed by atoms with Crippen molar-refractivity contribution in [1.29, 1.82) is 0 Å². The second kappa shape index (κ2) is 6.56. The van der Waals surface area contributed by atoms with Crippen molar-refractivity contribution in [2.45, 2.75) is 51.5 Å². The Morgan fingerprint density at radius 3 is 3.05 bits per heavy atom. The number of likely N-dealkylation sites (tertiary alicyclic amines) is 1. The third-order valence-electron chi connectivity index (χ3n) is 4.50. The van der Waals surface area contributed by atoms with E-state index in [2.05, 4.69) is 15.5 Å². The number of nitrogens with one attached hydrogen (secondary N) is 1. The summed E-state index contributed by atoms with van der Waals surface area (Å²) in [7, 11) is 0. The summed E-state index contributed by atoms with van der Waals surface area (Å²) >= 11 is 0. The summed E-state index contributed by atoms with van der Waals surface area (Å²) in [6, 6.07) is 0.387. The van der Waals surface area contributed by atoms with E-state index in [0.717, 1.165) is 51.1 Å². The van der Waals surface area contributed by atoms with Gasteiger partial charge in [-0.3, -0.25) is 4.79 Å². The highest BCUT2D eigenvalue weighted by molar-refractivity contribution is 5.77. The van der Waals surface area contributed by atoms with E-state index in [0.29, 0.717) is 30.2 Å². The van der Waals surface area contributed by atoms with Gasteiger partial charge in [-0.15, -0.1) is 0 Å². The summed E-state index contributed by atoms with van der Waals surface area (Å²) in [6.07, 6.45) is 5.99. The molecule has 0 radical (unpaired) electrons. The first-order valence-corrected chi connectivity index (χ1v) is 8.01. The fraction of sp³-hybridized carbons (Fsp3) is 0.800. The molecule has 0 saturated carbocycles. The molecule has 2 aliphatic rings. The van der Waals surface area contributed by atoms with Crippen LogP contribution in [-0.2, 0) is 11.2 Å². The molecule has 2 saturated heterocycles. The second-order valence-electron chi connectivity index (χ2n) is 6.28. The Kier molecular flexibility index (Phi) is 4.53. The number of carbonyl (C=O) groups is 1. The Labute approximate surface area is 125 Å². The molecule has 21 heavy (non-hydrogen) atoms. The fourth-order valence-corrected chi connectivity index (χ4v) is 3.41. The number of hydrogen-bond donors (Lipinski definition) is 1. The highest BCUT2D eigenvalue weighted by atomic mass is 16.5. The molecule has 2 atom stereocenters. The number of carbonyl (C=O) groups excluding carboxylic acids is 1. The fourth-order valence-electron chi connectivity index (χ4n) is 3.41. The average molecular weight is 292 g/mol. The van der Waals surface area contributed by atoms with E-state index in [4.69, 9.17) is 4.52 Å². The maximum Gasteiger partial charge on any atom is 0.224 e. The van der Waals surface area contributed by atoms with Crippen molar-refractivity contribution in [3.8, 4) is 0 Å². The third-order valence-corrected chi connectivity index (χ3v) is 4.50. The molecule has 0 aliphatic carbocycles. The minimum atomic E-state index is 0.295. The maximum atomic E-state index is 12.4. The summed E-state index contributed by atoms with van der Waals surface area (Å²) in [6.45, 7) is 4.59. The summed E-state index contributed by atoms with van der Waals surface area (Å²) in [5.41, 5.74) is 0. The predicted octanol–water partition coefficient (Wildman–Crippen LogP) is 1.30. The van der Waals surface area contributed by atoms with E-state index in [-0.39, 0.29) is 0 Å². The molecule has 3 heterocycles. The van der Waals surface area contributed by atoms with E-state index in [1.807, 2.05) is 11.8 Å². The van der Waals surface area contributed by atoms with Crippen molar-refractivity contribution in [2.75, 3.05) is 19.6 Å². The minimum absolute atomic E-state index is 0.295. The number of amides is 1. The molecule has 6 heteroatoms. The first-order valence-electron chi connectivity index (χ1n) is 8.01. The topological polar surface area (TPSA) is 71.3 Å². The van der Waals surface area contributed by atoms with Crippen LogP contribution in [0.25, 0.3) is 0 Å². The standard InChI is InChI=1S/C15H24N4O2/c1-11-17-14(18-21-11)8-12-4-3-7-19(10-12)15(20)9-13-5-2-6-16-13/h12-13,16H,2-10H2,1H3. The lowest BCUT2D eigenvalue weighted by molar-refractivity contribution is -0.133. The molecule has 1 N–H and O–H groups in total. The van der Waals surface area contributed by atoms with Gasteiger partial charge in [0.15, 0.2) is 5.82 Å². The zero-order valence-electron chi connectivity index (χ0n) is 12.7. The van der Waals surface area contributed by atoms with E-state index >= 15 is 0 Å². The molecule has 3 rings (SSSR count). The lowest BCUT2D eigenvalue weighted by atomic mass is 9.94. The van der Waals surface area contributed by atoms with Gasteiger partial charge in [0.25, 0.3) is 0 Å². The van der Waals surface area contributed by atoms with Gasteiger partial charge in [-0.2, -0.15) is 4.98 Å². The molecular formula is C15H24N4O2. The van der Waals surface area contributed by atoms with Crippen molar-refractivity contribution >= 4 is 5.91 Å². The predicted molar refractivity (Wildman–Crippen MR) is 77.7 cm³/mol. The molecular weight excluding hydrogens is 268 g/mol. The zero-order valence-corrected chi connectivity index (χ0v) is 12.7. The van der Waals surface area contributed by atoms with Crippen LogP contribution in [0.2, 0.25) is 0 Å². The molecule has 2 aliphatic heterocycles. The first-order chi connectivity index (χ1) is 10.2. The van der Waals surface area contributed by atoms with Crippen LogP contribution in [0.4, 0.5) is 0 Å². The lowest BCUT2D eigenvalue weighted by Crippen LogP contribution is -2.42. The highest BCUT2D eigenvalue weighted by Gasteiger charge is 2.27. The van der Waals surface area contributed by atoms with E-state index < -0.39 is 0 Å².